The van der Waals surface area contributed by atoms with Crippen molar-refractivity contribution in [2.75, 3.05) is 6.61 Å². The molecule has 0 radical (unpaired) electrons. The highest BCUT2D eigenvalue weighted by atomic mass is 32.1. The summed E-state index contributed by atoms with van der Waals surface area (Å²) in [4.78, 5) is 15.6. The Hall–Kier alpha value is -1.49. The van der Waals surface area contributed by atoms with Crippen LogP contribution in [-0.2, 0) is 11.8 Å². The van der Waals surface area contributed by atoms with Crippen LogP contribution in [0.5, 0.6) is 0 Å². The number of pyridine rings is 1. The van der Waals surface area contributed by atoms with E-state index >= 15 is 0 Å². The van der Waals surface area contributed by atoms with E-state index in [0.717, 1.165) is 10.2 Å². The summed E-state index contributed by atoms with van der Waals surface area (Å²) in [7, 11) is 1.92. The lowest BCUT2D eigenvalue weighted by molar-refractivity contribution is -0.670. The lowest BCUT2D eigenvalue weighted by atomic mass is 10.4. The quantitative estimate of drug-likeness (QED) is 0.569. The standard InChI is InChI=1S/C10H11N2O2S/c1-3-14-10(13)9-11-7-6-12(2)5-4-8(7)15-9/h4-6H,3H2,1-2H3/q+1. The summed E-state index contributed by atoms with van der Waals surface area (Å²) in [5.41, 5.74) is 0.827. The minimum Gasteiger partial charge on any atom is -0.461 e. The first kappa shape index (κ1) is 10.0. The van der Waals surface area contributed by atoms with Crippen LogP contribution in [-0.4, -0.2) is 17.6 Å². The Balaban J connectivity index is 2.42. The van der Waals surface area contributed by atoms with Crippen LogP contribution in [0.25, 0.3) is 10.2 Å². The summed E-state index contributed by atoms with van der Waals surface area (Å²) < 4.78 is 7.79. The first-order valence-corrected chi connectivity index (χ1v) is 5.45. The molecule has 0 aromatic carbocycles. The number of hydrogen-bond acceptors (Lipinski definition) is 4. The van der Waals surface area contributed by atoms with Gasteiger partial charge in [0.1, 0.15) is 12.6 Å². The van der Waals surface area contributed by atoms with Gasteiger partial charge in [-0.3, -0.25) is 0 Å². The normalized spacial score (nSPS) is 10.5. The number of nitrogens with zero attached hydrogens (tertiary/aromatic N) is 2. The van der Waals surface area contributed by atoms with Crippen molar-refractivity contribution >= 4 is 27.5 Å². The SMILES string of the molecule is CCOC(=O)c1nc2c[n+](C)ccc2s1. The van der Waals surface area contributed by atoms with E-state index in [-0.39, 0.29) is 5.97 Å². The first-order chi connectivity index (χ1) is 7.20. The summed E-state index contributed by atoms with van der Waals surface area (Å²) in [6.07, 6.45) is 3.81. The summed E-state index contributed by atoms with van der Waals surface area (Å²) in [5.74, 6) is -0.346. The zero-order valence-corrected chi connectivity index (χ0v) is 9.37. The van der Waals surface area contributed by atoms with E-state index in [4.69, 9.17) is 4.74 Å². The molecule has 0 fully saturated rings. The molecule has 0 bridgehead atoms. The van der Waals surface area contributed by atoms with E-state index in [1.807, 2.05) is 30.1 Å². The van der Waals surface area contributed by atoms with Crippen LogP contribution in [0.4, 0.5) is 0 Å². The average molecular weight is 223 g/mol. The van der Waals surface area contributed by atoms with Gasteiger partial charge in [-0.2, -0.15) is 0 Å². The summed E-state index contributed by atoms with van der Waals surface area (Å²) in [5, 5.41) is 0.415. The number of aryl methyl sites for hydroxylation is 1. The van der Waals surface area contributed by atoms with Gasteiger partial charge in [-0.05, 0) is 6.92 Å². The van der Waals surface area contributed by atoms with Gasteiger partial charge in [0.2, 0.25) is 5.01 Å². The smallest absolute Gasteiger partial charge is 0.367 e. The van der Waals surface area contributed by atoms with Crippen LogP contribution >= 0.6 is 11.3 Å². The molecule has 4 nitrogen and oxygen atoms in total. The maximum Gasteiger partial charge on any atom is 0.367 e. The molecule has 2 rings (SSSR count). The molecule has 2 aromatic heterocycles. The highest BCUT2D eigenvalue weighted by Gasteiger charge is 2.14. The highest BCUT2D eigenvalue weighted by molar-refractivity contribution is 7.20. The van der Waals surface area contributed by atoms with Gasteiger partial charge in [-0.15, -0.1) is 11.3 Å². The van der Waals surface area contributed by atoms with Crippen LogP contribution in [0.3, 0.4) is 0 Å². The number of esters is 1. The Bertz CT molecular complexity index is 507. The molecule has 0 spiro atoms. The number of fused-ring (bicyclic) bond motifs is 1. The fourth-order valence-electron chi connectivity index (χ4n) is 1.26. The van der Waals surface area contributed by atoms with Crippen molar-refractivity contribution in [3.63, 3.8) is 0 Å². The maximum atomic E-state index is 11.4. The molecule has 0 saturated carbocycles. The Morgan fingerprint density at radius 1 is 1.67 bits per heavy atom. The predicted octanol–water partition coefficient (Wildman–Crippen LogP) is 1.30. The predicted molar refractivity (Wildman–Crippen MR) is 56.8 cm³/mol. The van der Waals surface area contributed by atoms with E-state index in [9.17, 15) is 4.79 Å². The second kappa shape index (κ2) is 3.94. The van der Waals surface area contributed by atoms with Gasteiger partial charge < -0.3 is 4.74 Å². The fraction of sp³-hybridized carbons (Fsp3) is 0.300. The van der Waals surface area contributed by atoms with Crippen molar-refractivity contribution in [3.8, 4) is 0 Å². The zero-order valence-electron chi connectivity index (χ0n) is 8.56. The van der Waals surface area contributed by atoms with Crippen LogP contribution in [0, 0.1) is 0 Å². The van der Waals surface area contributed by atoms with E-state index in [1.165, 1.54) is 11.3 Å². The largest absolute Gasteiger partial charge is 0.461 e. The van der Waals surface area contributed by atoms with Gasteiger partial charge in [0.15, 0.2) is 12.4 Å². The Labute approximate surface area is 91.1 Å². The molecular weight excluding hydrogens is 212 g/mol. The molecule has 0 aliphatic heterocycles. The van der Waals surface area contributed by atoms with Crippen molar-refractivity contribution in [1.82, 2.24) is 4.98 Å². The topological polar surface area (TPSA) is 43.1 Å². The van der Waals surface area contributed by atoms with E-state index in [1.54, 1.807) is 6.92 Å². The number of carbonyl (C=O) groups is 1. The molecule has 0 aliphatic rings. The third-order valence-electron chi connectivity index (χ3n) is 1.92. The molecule has 5 heteroatoms. The number of hydrogen-bond donors (Lipinski definition) is 0. The highest BCUT2D eigenvalue weighted by Crippen LogP contribution is 2.20. The molecule has 0 atom stereocenters. The second-order valence-corrected chi connectivity index (χ2v) is 4.13. The Morgan fingerprint density at radius 3 is 3.20 bits per heavy atom. The molecule has 15 heavy (non-hydrogen) atoms. The van der Waals surface area contributed by atoms with Crippen LogP contribution in [0.2, 0.25) is 0 Å². The molecule has 2 heterocycles. The van der Waals surface area contributed by atoms with Gasteiger partial charge in [-0.1, -0.05) is 0 Å². The van der Waals surface area contributed by atoms with Gasteiger partial charge >= 0.3 is 5.97 Å². The van der Waals surface area contributed by atoms with Crippen molar-refractivity contribution in [3.05, 3.63) is 23.5 Å². The molecule has 2 aromatic rings. The number of carbonyl (C=O) groups excluding carboxylic acids is 1. The van der Waals surface area contributed by atoms with Gasteiger partial charge in [-0.25, -0.2) is 14.3 Å². The summed E-state index contributed by atoms with van der Waals surface area (Å²) in [6, 6.07) is 1.94. The van der Waals surface area contributed by atoms with Crippen LogP contribution in [0.1, 0.15) is 16.7 Å². The van der Waals surface area contributed by atoms with Crippen molar-refractivity contribution in [2.45, 2.75) is 6.92 Å². The van der Waals surface area contributed by atoms with Gasteiger partial charge in [0.05, 0.1) is 11.3 Å². The number of aromatic nitrogens is 2. The second-order valence-electron chi connectivity index (χ2n) is 3.10. The fourth-order valence-corrected chi connectivity index (χ4v) is 2.08. The Kier molecular flexibility index (Phi) is 2.64. The molecule has 78 valence electrons. The van der Waals surface area contributed by atoms with E-state index in [0.29, 0.717) is 11.6 Å². The molecular formula is C10H11N2O2S+. The van der Waals surface area contributed by atoms with E-state index < -0.39 is 0 Å². The van der Waals surface area contributed by atoms with Crippen LogP contribution < -0.4 is 4.57 Å². The number of thiazole rings is 1. The van der Waals surface area contributed by atoms with Crippen molar-refractivity contribution < 1.29 is 14.1 Å². The summed E-state index contributed by atoms with van der Waals surface area (Å²) >= 11 is 1.36. The zero-order chi connectivity index (χ0) is 10.8. The minimum atomic E-state index is -0.346. The lowest BCUT2D eigenvalue weighted by Gasteiger charge is -1.94. The van der Waals surface area contributed by atoms with Crippen molar-refractivity contribution in [1.29, 1.82) is 0 Å². The summed E-state index contributed by atoms with van der Waals surface area (Å²) in [6.45, 7) is 2.16. The van der Waals surface area contributed by atoms with Gasteiger partial charge in [0, 0.05) is 6.07 Å². The molecule has 0 unspecified atom stereocenters. The first-order valence-electron chi connectivity index (χ1n) is 4.63. The number of ether oxygens (including phenoxy) is 1. The van der Waals surface area contributed by atoms with E-state index in [2.05, 4.69) is 4.98 Å². The minimum absolute atomic E-state index is 0.346. The number of rotatable bonds is 2. The molecule has 0 saturated heterocycles. The monoisotopic (exact) mass is 223 g/mol. The molecule has 0 amide bonds. The Morgan fingerprint density at radius 2 is 2.47 bits per heavy atom. The van der Waals surface area contributed by atoms with Crippen LogP contribution in [0.15, 0.2) is 18.5 Å². The third kappa shape index (κ3) is 1.97. The molecule has 0 N–H and O–H groups in total. The average Bonchev–Trinajstić information content (AvgIpc) is 2.60. The maximum absolute atomic E-state index is 11.4. The lowest BCUT2D eigenvalue weighted by Crippen LogP contribution is -2.25. The van der Waals surface area contributed by atoms with Crippen molar-refractivity contribution in [2.24, 2.45) is 7.05 Å². The molecule has 0 aliphatic carbocycles. The third-order valence-corrected chi connectivity index (χ3v) is 2.93. The van der Waals surface area contributed by atoms with Gasteiger partial charge in [0.25, 0.3) is 0 Å².